The minimum atomic E-state index is -0.533. The Hall–Kier alpha value is -5.23. The quantitative estimate of drug-likeness (QED) is 0.266. The molecule has 0 radical (unpaired) electrons. The van der Waals surface area contributed by atoms with Crippen LogP contribution in [0.4, 0.5) is 10.5 Å². The number of para-hydroxylation sites is 1. The molecule has 6 aromatic rings. The molecule has 0 bridgehead atoms. The number of hydrogen-bond donors (Lipinski definition) is 2. The molecule has 0 saturated heterocycles. The maximum Gasteiger partial charge on any atom is 0.417 e. The van der Waals surface area contributed by atoms with E-state index in [1.165, 1.54) is 0 Å². The van der Waals surface area contributed by atoms with Gasteiger partial charge in [-0.3, -0.25) is 10.3 Å². The number of fused-ring (bicyclic) bond motifs is 1. The van der Waals surface area contributed by atoms with Crippen molar-refractivity contribution in [3.8, 4) is 39.7 Å². The van der Waals surface area contributed by atoms with Crippen LogP contribution in [0.15, 0.2) is 122 Å². The first-order valence-electron chi connectivity index (χ1n) is 11.9. The smallest absolute Gasteiger partial charge is 0.410 e. The zero-order valence-electron chi connectivity index (χ0n) is 19.8. The summed E-state index contributed by atoms with van der Waals surface area (Å²) in [5, 5.41) is 4.70. The monoisotopic (exact) mass is 482 g/mol. The molecule has 0 spiro atoms. The molecule has 6 rings (SSSR count). The summed E-state index contributed by atoms with van der Waals surface area (Å²) in [7, 11) is 0. The van der Waals surface area contributed by atoms with Crippen molar-refractivity contribution < 1.29 is 9.53 Å². The molecule has 1 amide bonds. The Morgan fingerprint density at radius 3 is 2.19 bits per heavy atom. The second-order valence-corrected chi connectivity index (χ2v) is 8.52. The lowest BCUT2D eigenvalue weighted by molar-refractivity contribution is 0.215. The molecule has 0 aliphatic rings. The minimum Gasteiger partial charge on any atom is -0.410 e. The summed E-state index contributed by atoms with van der Waals surface area (Å²) in [5.41, 5.74) is 5.46. The summed E-state index contributed by atoms with van der Waals surface area (Å²) in [6.07, 6.45) is 3.02. The number of carbonyl (C=O) groups excluding carboxylic acids is 1. The van der Waals surface area contributed by atoms with Crippen molar-refractivity contribution >= 4 is 22.6 Å². The van der Waals surface area contributed by atoms with E-state index in [9.17, 15) is 4.79 Å². The van der Waals surface area contributed by atoms with Crippen LogP contribution >= 0.6 is 0 Å². The number of H-pyrrole nitrogens is 1. The number of pyridine rings is 1. The molecular formula is C31H22N4O2. The second-order valence-electron chi connectivity index (χ2n) is 8.52. The summed E-state index contributed by atoms with van der Waals surface area (Å²) in [5.74, 6) is 1.27. The van der Waals surface area contributed by atoms with Crippen molar-refractivity contribution in [2.24, 2.45) is 0 Å². The van der Waals surface area contributed by atoms with Gasteiger partial charge in [0, 0.05) is 34.8 Å². The van der Waals surface area contributed by atoms with E-state index >= 15 is 0 Å². The van der Waals surface area contributed by atoms with Crippen LogP contribution in [0.3, 0.4) is 0 Å². The Morgan fingerprint density at radius 1 is 0.703 bits per heavy atom. The summed E-state index contributed by atoms with van der Waals surface area (Å²) >= 11 is 0. The fourth-order valence-corrected chi connectivity index (χ4v) is 4.25. The molecule has 37 heavy (non-hydrogen) atoms. The molecule has 2 N–H and O–H groups in total. The van der Waals surface area contributed by atoms with E-state index in [1.54, 1.807) is 18.5 Å². The standard InChI is InChI=1S/C31H22N4O2/c36-31(33-26-9-5-2-6-10-26)37-27-14-13-23-19-25(12-11-24(23)20-27)29-28(21-15-17-32-18-16-21)34-30(35-29)22-7-3-1-4-8-22/h1-20H,(H,33,36)(H,34,35). The highest BCUT2D eigenvalue weighted by Gasteiger charge is 2.16. The molecule has 2 aromatic heterocycles. The van der Waals surface area contributed by atoms with Crippen molar-refractivity contribution in [2.45, 2.75) is 0 Å². The first kappa shape index (κ1) is 22.2. The lowest BCUT2D eigenvalue weighted by Crippen LogP contribution is -2.16. The molecular weight excluding hydrogens is 460 g/mol. The first-order valence-corrected chi connectivity index (χ1v) is 11.9. The zero-order chi connectivity index (χ0) is 25.0. The largest absolute Gasteiger partial charge is 0.417 e. The highest BCUT2D eigenvalue weighted by Crippen LogP contribution is 2.34. The van der Waals surface area contributed by atoms with Crippen LogP contribution in [-0.4, -0.2) is 21.0 Å². The average Bonchev–Trinajstić information content (AvgIpc) is 3.40. The lowest BCUT2D eigenvalue weighted by atomic mass is 10.0. The number of imidazole rings is 1. The highest BCUT2D eigenvalue weighted by molar-refractivity contribution is 5.92. The Balaban J connectivity index is 1.32. The Bertz CT molecular complexity index is 1680. The maximum atomic E-state index is 12.3. The molecule has 0 saturated carbocycles. The molecule has 0 unspecified atom stereocenters. The van der Waals surface area contributed by atoms with Gasteiger partial charge in [0.15, 0.2) is 0 Å². The fraction of sp³-hybridized carbons (Fsp3) is 0. The number of ether oxygens (including phenoxy) is 1. The molecule has 178 valence electrons. The van der Waals surface area contributed by atoms with Gasteiger partial charge >= 0.3 is 6.09 Å². The SMILES string of the molecule is O=C(Nc1ccccc1)Oc1ccc2cc(-c3nc(-c4ccccc4)[nH]c3-c3ccncc3)ccc2c1. The number of aromatic amines is 1. The van der Waals surface area contributed by atoms with Gasteiger partial charge in [-0.2, -0.15) is 0 Å². The number of carbonyl (C=O) groups is 1. The molecule has 0 aliphatic heterocycles. The van der Waals surface area contributed by atoms with Crippen LogP contribution in [0.2, 0.25) is 0 Å². The van der Waals surface area contributed by atoms with Crippen molar-refractivity contribution in [3.63, 3.8) is 0 Å². The number of anilines is 1. The maximum absolute atomic E-state index is 12.3. The van der Waals surface area contributed by atoms with Crippen molar-refractivity contribution in [2.75, 3.05) is 5.32 Å². The zero-order valence-corrected chi connectivity index (χ0v) is 19.8. The number of nitrogens with zero attached hydrogens (tertiary/aromatic N) is 2. The van der Waals surface area contributed by atoms with Gasteiger partial charge in [-0.05, 0) is 53.2 Å². The van der Waals surface area contributed by atoms with Crippen molar-refractivity contribution in [1.82, 2.24) is 15.0 Å². The van der Waals surface area contributed by atoms with Crippen LogP contribution in [0.25, 0.3) is 44.7 Å². The Kier molecular flexibility index (Phi) is 5.89. The third-order valence-electron chi connectivity index (χ3n) is 6.04. The number of rotatable bonds is 5. The average molecular weight is 483 g/mol. The molecule has 2 heterocycles. The van der Waals surface area contributed by atoms with E-state index in [2.05, 4.69) is 21.4 Å². The summed E-state index contributed by atoms with van der Waals surface area (Å²) in [4.78, 5) is 24.9. The van der Waals surface area contributed by atoms with Crippen LogP contribution < -0.4 is 10.1 Å². The van der Waals surface area contributed by atoms with Gasteiger partial charge in [-0.15, -0.1) is 0 Å². The number of benzene rings is 4. The second kappa shape index (κ2) is 9.79. The molecule has 4 aromatic carbocycles. The number of hydrogen-bond acceptors (Lipinski definition) is 4. The molecule has 0 fully saturated rings. The van der Waals surface area contributed by atoms with Crippen molar-refractivity contribution in [1.29, 1.82) is 0 Å². The molecule has 0 aliphatic carbocycles. The van der Waals surface area contributed by atoms with E-state index in [-0.39, 0.29) is 0 Å². The van der Waals surface area contributed by atoms with Gasteiger partial charge in [0.2, 0.25) is 0 Å². The third-order valence-corrected chi connectivity index (χ3v) is 6.04. The first-order chi connectivity index (χ1) is 18.2. The predicted molar refractivity (Wildman–Crippen MR) is 146 cm³/mol. The number of aromatic nitrogens is 3. The summed E-state index contributed by atoms with van der Waals surface area (Å²) < 4.78 is 5.50. The van der Waals surface area contributed by atoms with Crippen LogP contribution in [0.5, 0.6) is 5.75 Å². The minimum absolute atomic E-state index is 0.470. The van der Waals surface area contributed by atoms with Crippen LogP contribution in [-0.2, 0) is 0 Å². The van der Waals surface area contributed by atoms with E-state index in [1.807, 2.05) is 97.1 Å². The normalized spacial score (nSPS) is 10.8. The fourth-order valence-electron chi connectivity index (χ4n) is 4.25. The highest BCUT2D eigenvalue weighted by atomic mass is 16.6. The summed E-state index contributed by atoms with van der Waals surface area (Å²) in [6.45, 7) is 0. The van der Waals surface area contributed by atoms with E-state index in [0.717, 1.165) is 44.7 Å². The van der Waals surface area contributed by atoms with Gasteiger partial charge in [0.1, 0.15) is 11.6 Å². The number of nitrogens with one attached hydrogen (secondary N) is 2. The Morgan fingerprint density at radius 2 is 1.41 bits per heavy atom. The third kappa shape index (κ3) is 4.81. The van der Waals surface area contributed by atoms with Gasteiger partial charge < -0.3 is 9.72 Å². The summed E-state index contributed by atoms with van der Waals surface area (Å²) in [6, 6.07) is 34.9. The number of amides is 1. The predicted octanol–water partition coefficient (Wildman–Crippen LogP) is 7.57. The van der Waals surface area contributed by atoms with E-state index in [4.69, 9.17) is 9.72 Å². The topological polar surface area (TPSA) is 79.9 Å². The van der Waals surface area contributed by atoms with Crippen molar-refractivity contribution in [3.05, 3.63) is 122 Å². The van der Waals surface area contributed by atoms with Crippen LogP contribution in [0, 0.1) is 0 Å². The molecule has 0 atom stereocenters. The van der Waals surface area contributed by atoms with E-state index < -0.39 is 6.09 Å². The lowest BCUT2D eigenvalue weighted by Gasteiger charge is -2.09. The van der Waals surface area contributed by atoms with Gasteiger partial charge in [-0.25, -0.2) is 9.78 Å². The van der Waals surface area contributed by atoms with Gasteiger partial charge in [0.05, 0.1) is 11.4 Å². The van der Waals surface area contributed by atoms with Gasteiger partial charge in [0.25, 0.3) is 0 Å². The molecule has 6 nitrogen and oxygen atoms in total. The van der Waals surface area contributed by atoms with Gasteiger partial charge in [-0.1, -0.05) is 66.7 Å². The van der Waals surface area contributed by atoms with Crippen LogP contribution in [0.1, 0.15) is 0 Å². The molecule has 6 heteroatoms. The van der Waals surface area contributed by atoms with E-state index in [0.29, 0.717) is 11.4 Å². The Labute approximate surface area is 213 Å².